The van der Waals surface area contributed by atoms with E-state index < -0.39 is 10.0 Å². The lowest BCUT2D eigenvalue weighted by molar-refractivity contribution is 0.470. The van der Waals surface area contributed by atoms with Gasteiger partial charge in [0, 0.05) is 36.2 Å². The van der Waals surface area contributed by atoms with E-state index in [2.05, 4.69) is 9.97 Å². The summed E-state index contributed by atoms with van der Waals surface area (Å²) in [4.78, 5) is 8.11. The highest BCUT2D eigenvalue weighted by Crippen LogP contribution is 2.27. The summed E-state index contributed by atoms with van der Waals surface area (Å²) < 4.78 is 27.3. The van der Waals surface area contributed by atoms with Gasteiger partial charge in [0.25, 0.3) is 0 Å². The zero-order valence-electron chi connectivity index (χ0n) is 11.1. The van der Waals surface area contributed by atoms with E-state index in [-0.39, 0.29) is 11.4 Å². The summed E-state index contributed by atoms with van der Waals surface area (Å²) in [5.41, 5.74) is 0.559. The molecule has 0 aliphatic rings. The van der Waals surface area contributed by atoms with Gasteiger partial charge in [-0.15, -0.1) is 11.3 Å². The van der Waals surface area contributed by atoms with Crippen LogP contribution in [-0.2, 0) is 16.6 Å². The summed E-state index contributed by atoms with van der Waals surface area (Å²) in [5.74, 6) is 0. The highest BCUT2D eigenvalue weighted by atomic mass is 35.5. The van der Waals surface area contributed by atoms with Crippen LogP contribution in [0.4, 0.5) is 0 Å². The van der Waals surface area contributed by atoms with E-state index in [9.17, 15) is 8.42 Å². The first-order valence-electron chi connectivity index (χ1n) is 6.11. The Labute approximate surface area is 131 Å². The second kappa shape index (κ2) is 5.42. The molecule has 0 bridgehead atoms. The number of thiophene rings is 1. The average Bonchev–Trinajstić information content (AvgIpc) is 3.05. The topological polar surface area (TPSA) is 66.1 Å². The number of H-pyrrole nitrogens is 1. The summed E-state index contributed by atoms with van der Waals surface area (Å²) in [6.45, 7) is 0.284. The largest absolute Gasteiger partial charge is 0.345 e. The molecule has 1 N–H and O–H groups in total. The van der Waals surface area contributed by atoms with E-state index in [1.165, 1.54) is 21.8 Å². The molecule has 3 heterocycles. The van der Waals surface area contributed by atoms with E-state index in [4.69, 9.17) is 11.6 Å². The summed E-state index contributed by atoms with van der Waals surface area (Å²) in [6.07, 6.45) is 3.09. The molecule has 5 nitrogen and oxygen atoms in total. The first kappa shape index (κ1) is 14.5. The first-order chi connectivity index (χ1) is 9.98. The molecular formula is C13H12ClN3O2S2. The molecule has 0 saturated carbocycles. The maximum atomic E-state index is 12.7. The highest BCUT2D eigenvalue weighted by molar-refractivity contribution is 7.89. The van der Waals surface area contributed by atoms with Crippen molar-refractivity contribution in [3.05, 3.63) is 45.9 Å². The van der Waals surface area contributed by atoms with Gasteiger partial charge in [-0.1, -0.05) is 11.6 Å². The number of rotatable bonds is 4. The zero-order chi connectivity index (χ0) is 15.0. The van der Waals surface area contributed by atoms with Gasteiger partial charge in [-0.05, 0) is 24.3 Å². The molecule has 0 amide bonds. The number of aromatic nitrogens is 2. The van der Waals surface area contributed by atoms with Crippen LogP contribution < -0.4 is 0 Å². The Balaban J connectivity index is 1.96. The fourth-order valence-corrected chi connectivity index (χ4v) is 4.57. The molecular weight excluding hydrogens is 330 g/mol. The third-order valence-corrected chi connectivity index (χ3v) is 6.17. The van der Waals surface area contributed by atoms with Crippen molar-refractivity contribution in [3.63, 3.8) is 0 Å². The molecule has 8 heteroatoms. The standard InChI is InChI=1S/C13H12ClN3O2S2/c1-17(8-9-4-5-12(14)20-9)21(18,19)11-7-16-13-10(11)3-2-6-15-13/h2-7H,8H2,1H3,(H,15,16). The number of halogens is 1. The van der Waals surface area contributed by atoms with E-state index in [0.29, 0.717) is 15.4 Å². The van der Waals surface area contributed by atoms with Crippen molar-refractivity contribution in [2.75, 3.05) is 7.05 Å². The number of nitrogens with one attached hydrogen (secondary N) is 1. The van der Waals surface area contributed by atoms with Crippen molar-refractivity contribution in [3.8, 4) is 0 Å². The lowest BCUT2D eigenvalue weighted by Crippen LogP contribution is -2.25. The van der Waals surface area contributed by atoms with Gasteiger partial charge in [-0.2, -0.15) is 4.31 Å². The molecule has 3 aromatic heterocycles. The van der Waals surface area contributed by atoms with E-state index in [1.54, 1.807) is 31.4 Å². The summed E-state index contributed by atoms with van der Waals surface area (Å²) in [5, 5.41) is 0.591. The Morgan fingerprint density at radius 2 is 2.19 bits per heavy atom. The first-order valence-corrected chi connectivity index (χ1v) is 8.74. The minimum absolute atomic E-state index is 0.232. The Morgan fingerprint density at radius 1 is 1.38 bits per heavy atom. The predicted octanol–water partition coefficient (Wildman–Crippen LogP) is 3.10. The van der Waals surface area contributed by atoms with Crippen LogP contribution in [0.15, 0.2) is 41.6 Å². The third kappa shape index (κ3) is 2.69. The molecule has 0 atom stereocenters. The van der Waals surface area contributed by atoms with Gasteiger partial charge in [-0.25, -0.2) is 13.4 Å². The lowest BCUT2D eigenvalue weighted by atomic mass is 10.3. The number of pyridine rings is 1. The van der Waals surface area contributed by atoms with Gasteiger partial charge in [0.1, 0.15) is 10.5 Å². The molecule has 0 aliphatic heterocycles. The maximum Gasteiger partial charge on any atom is 0.245 e. The minimum atomic E-state index is -3.59. The van der Waals surface area contributed by atoms with Crippen LogP contribution in [0.1, 0.15) is 4.88 Å². The van der Waals surface area contributed by atoms with Gasteiger partial charge >= 0.3 is 0 Å². The van der Waals surface area contributed by atoms with Crippen LogP contribution in [0.3, 0.4) is 0 Å². The predicted molar refractivity (Wildman–Crippen MR) is 84.1 cm³/mol. The van der Waals surface area contributed by atoms with E-state index in [0.717, 1.165) is 4.88 Å². The number of aromatic amines is 1. The van der Waals surface area contributed by atoms with Crippen LogP contribution in [0.2, 0.25) is 4.34 Å². The molecule has 0 aliphatic carbocycles. The lowest BCUT2D eigenvalue weighted by Gasteiger charge is -2.15. The van der Waals surface area contributed by atoms with Gasteiger partial charge in [-0.3, -0.25) is 0 Å². The number of nitrogens with zero attached hydrogens (tertiary/aromatic N) is 2. The van der Waals surface area contributed by atoms with Gasteiger partial charge < -0.3 is 4.98 Å². The molecule has 0 unspecified atom stereocenters. The average molecular weight is 342 g/mol. The molecule has 0 fully saturated rings. The Morgan fingerprint density at radius 3 is 2.90 bits per heavy atom. The Bertz CT molecular complexity index is 886. The van der Waals surface area contributed by atoms with Crippen LogP contribution >= 0.6 is 22.9 Å². The van der Waals surface area contributed by atoms with Crippen molar-refractivity contribution in [2.45, 2.75) is 11.4 Å². The summed E-state index contributed by atoms with van der Waals surface area (Å²) >= 11 is 7.25. The fraction of sp³-hybridized carbons (Fsp3) is 0.154. The minimum Gasteiger partial charge on any atom is -0.345 e. The van der Waals surface area contributed by atoms with Gasteiger partial charge in [0.15, 0.2) is 0 Å². The van der Waals surface area contributed by atoms with Crippen molar-refractivity contribution >= 4 is 44.0 Å². The van der Waals surface area contributed by atoms with E-state index in [1.807, 2.05) is 6.07 Å². The van der Waals surface area contributed by atoms with Crippen molar-refractivity contribution in [1.29, 1.82) is 0 Å². The monoisotopic (exact) mass is 341 g/mol. The van der Waals surface area contributed by atoms with Crippen LogP contribution in [0.25, 0.3) is 11.0 Å². The van der Waals surface area contributed by atoms with Crippen LogP contribution in [0, 0.1) is 0 Å². The van der Waals surface area contributed by atoms with Crippen LogP contribution in [0.5, 0.6) is 0 Å². The molecule has 3 aromatic rings. The molecule has 0 spiro atoms. The van der Waals surface area contributed by atoms with Crippen molar-refractivity contribution < 1.29 is 8.42 Å². The number of hydrogen-bond donors (Lipinski definition) is 1. The quantitative estimate of drug-likeness (QED) is 0.793. The van der Waals surface area contributed by atoms with Crippen molar-refractivity contribution in [2.24, 2.45) is 0 Å². The summed E-state index contributed by atoms with van der Waals surface area (Å²) in [7, 11) is -2.03. The van der Waals surface area contributed by atoms with Crippen molar-refractivity contribution in [1.82, 2.24) is 14.3 Å². The molecule has 3 rings (SSSR count). The SMILES string of the molecule is CN(Cc1ccc(Cl)s1)S(=O)(=O)c1c[nH]c2ncccc12. The Kier molecular flexibility index (Phi) is 3.75. The molecule has 0 saturated heterocycles. The maximum absolute atomic E-state index is 12.7. The number of fused-ring (bicyclic) bond motifs is 1. The second-order valence-electron chi connectivity index (χ2n) is 4.52. The van der Waals surface area contributed by atoms with Gasteiger partial charge in [0.05, 0.1) is 4.34 Å². The van der Waals surface area contributed by atoms with Gasteiger partial charge in [0.2, 0.25) is 10.0 Å². The summed E-state index contributed by atoms with van der Waals surface area (Å²) in [6, 6.07) is 7.04. The van der Waals surface area contributed by atoms with E-state index >= 15 is 0 Å². The molecule has 0 aromatic carbocycles. The third-order valence-electron chi connectivity index (χ3n) is 3.11. The normalized spacial score (nSPS) is 12.3. The highest BCUT2D eigenvalue weighted by Gasteiger charge is 2.25. The van der Waals surface area contributed by atoms with Crippen LogP contribution in [-0.4, -0.2) is 29.7 Å². The smallest absolute Gasteiger partial charge is 0.245 e. The number of hydrogen-bond acceptors (Lipinski definition) is 4. The number of sulfonamides is 1. The zero-order valence-corrected chi connectivity index (χ0v) is 13.5. The second-order valence-corrected chi connectivity index (χ2v) is 8.33. The molecule has 21 heavy (non-hydrogen) atoms. The molecule has 110 valence electrons. The fourth-order valence-electron chi connectivity index (χ4n) is 2.05. The Hall–Kier alpha value is -1.41. The molecule has 0 radical (unpaired) electrons.